The summed E-state index contributed by atoms with van der Waals surface area (Å²) in [4.78, 5) is 23.0. The van der Waals surface area contributed by atoms with Crippen LogP contribution in [0, 0.1) is 5.92 Å². The van der Waals surface area contributed by atoms with Gasteiger partial charge in [-0.15, -0.1) is 0 Å². The summed E-state index contributed by atoms with van der Waals surface area (Å²) in [5, 5.41) is 4.67. The van der Waals surface area contributed by atoms with Gasteiger partial charge in [-0.25, -0.2) is 0 Å². The molecular weight excluding hydrogens is 297 g/mol. The second-order valence-corrected chi connectivity index (χ2v) is 5.41. The van der Waals surface area contributed by atoms with E-state index >= 15 is 0 Å². The van der Waals surface area contributed by atoms with Crippen LogP contribution in [0.3, 0.4) is 0 Å². The molecule has 22 heavy (non-hydrogen) atoms. The maximum atomic E-state index is 13.1. The molecule has 1 aromatic rings. The highest BCUT2D eigenvalue weighted by molar-refractivity contribution is 5.94. The molecule has 1 aliphatic carbocycles. The molecule has 0 aromatic heterocycles. The third kappa shape index (κ3) is 3.99. The number of hydrogen-bond donors (Lipinski definition) is 2. The van der Waals surface area contributed by atoms with Crippen molar-refractivity contribution in [2.24, 2.45) is 5.92 Å². The van der Waals surface area contributed by atoms with Crippen LogP contribution in [0.15, 0.2) is 18.2 Å². The Morgan fingerprint density at radius 1 is 1.14 bits per heavy atom. The molecule has 0 heterocycles. The molecule has 0 spiro atoms. The van der Waals surface area contributed by atoms with Crippen molar-refractivity contribution in [2.45, 2.75) is 38.8 Å². The Hall–Kier alpha value is -2.05. The Morgan fingerprint density at radius 3 is 2.32 bits per heavy atom. The van der Waals surface area contributed by atoms with Crippen molar-refractivity contribution in [3.63, 3.8) is 0 Å². The van der Waals surface area contributed by atoms with E-state index in [2.05, 4.69) is 10.6 Å². The zero-order valence-electron chi connectivity index (χ0n) is 12.1. The topological polar surface area (TPSA) is 58.2 Å². The summed E-state index contributed by atoms with van der Waals surface area (Å²) < 4.78 is 39.4. The highest BCUT2D eigenvalue weighted by Gasteiger charge is 2.35. The van der Waals surface area contributed by atoms with Crippen LogP contribution in [0.5, 0.6) is 0 Å². The Labute approximate surface area is 126 Å². The van der Waals surface area contributed by atoms with E-state index in [0.29, 0.717) is 12.8 Å². The monoisotopic (exact) mass is 314 g/mol. The number of rotatable bonds is 3. The molecule has 2 N–H and O–H groups in total. The predicted octanol–water partition coefficient (Wildman–Crippen LogP) is 3.79. The van der Waals surface area contributed by atoms with Crippen molar-refractivity contribution in [3.8, 4) is 0 Å². The van der Waals surface area contributed by atoms with Crippen LogP contribution in [-0.2, 0) is 15.8 Å². The first-order valence-electron chi connectivity index (χ1n) is 7.07. The molecular formula is C15H17F3N2O2. The van der Waals surface area contributed by atoms with Gasteiger partial charge in [0.15, 0.2) is 0 Å². The first-order chi connectivity index (χ1) is 10.3. The summed E-state index contributed by atoms with van der Waals surface area (Å²) in [7, 11) is 0. The van der Waals surface area contributed by atoms with Crippen LogP contribution in [0.2, 0.25) is 0 Å². The number of anilines is 2. The molecule has 1 fully saturated rings. The van der Waals surface area contributed by atoms with Gasteiger partial charge in [0.25, 0.3) is 0 Å². The lowest BCUT2D eigenvalue weighted by molar-refractivity contribution is -0.137. The number of halogens is 3. The van der Waals surface area contributed by atoms with Gasteiger partial charge in [-0.05, 0) is 31.0 Å². The number of hydrogen-bond acceptors (Lipinski definition) is 2. The van der Waals surface area contributed by atoms with Gasteiger partial charge < -0.3 is 10.6 Å². The van der Waals surface area contributed by atoms with Crippen LogP contribution in [0.4, 0.5) is 24.5 Å². The second kappa shape index (κ2) is 6.37. The van der Waals surface area contributed by atoms with Gasteiger partial charge in [0.05, 0.1) is 11.3 Å². The largest absolute Gasteiger partial charge is 0.418 e. The highest BCUT2D eigenvalue weighted by atomic mass is 19.4. The van der Waals surface area contributed by atoms with Crippen molar-refractivity contribution < 1.29 is 22.8 Å². The number of nitrogens with one attached hydrogen (secondary N) is 2. The molecule has 0 bridgehead atoms. The standard InChI is InChI=1S/C15H17F3N2O2/c1-9(21)19-11-6-7-13(12(8-11)15(16,17)18)20-14(22)10-4-2-3-5-10/h6-8,10H,2-5H2,1H3,(H,19,21)(H,20,22). The highest BCUT2D eigenvalue weighted by Crippen LogP contribution is 2.37. The van der Waals surface area contributed by atoms with Gasteiger partial charge in [-0.2, -0.15) is 13.2 Å². The lowest BCUT2D eigenvalue weighted by Gasteiger charge is -2.17. The molecule has 0 unspecified atom stereocenters. The lowest BCUT2D eigenvalue weighted by Crippen LogP contribution is -2.22. The second-order valence-electron chi connectivity index (χ2n) is 5.41. The van der Waals surface area contributed by atoms with Gasteiger partial charge in [0.2, 0.25) is 11.8 Å². The van der Waals surface area contributed by atoms with Crippen LogP contribution in [-0.4, -0.2) is 11.8 Å². The minimum absolute atomic E-state index is 0.0405. The average Bonchev–Trinajstić information content (AvgIpc) is 2.92. The number of alkyl halides is 3. The van der Waals surface area contributed by atoms with E-state index in [0.717, 1.165) is 18.9 Å². The van der Waals surface area contributed by atoms with Crippen molar-refractivity contribution in [1.29, 1.82) is 0 Å². The smallest absolute Gasteiger partial charge is 0.326 e. The molecule has 0 aliphatic heterocycles. The summed E-state index contributed by atoms with van der Waals surface area (Å²) in [5.41, 5.74) is -1.21. The molecule has 0 atom stereocenters. The van der Waals surface area contributed by atoms with Crippen LogP contribution in [0.1, 0.15) is 38.2 Å². The Bertz CT molecular complexity index is 579. The van der Waals surface area contributed by atoms with Crippen molar-refractivity contribution in [1.82, 2.24) is 0 Å². The van der Waals surface area contributed by atoms with Crippen molar-refractivity contribution in [2.75, 3.05) is 10.6 Å². The molecule has 0 saturated heterocycles. The Balaban J connectivity index is 2.25. The molecule has 2 rings (SSSR count). The van der Waals surface area contributed by atoms with Crippen molar-refractivity contribution in [3.05, 3.63) is 23.8 Å². The Morgan fingerprint density at radius 2 is 1.77 bits per heavy atom. The maximum Gasteiger partial charge on any atom is 0.418 e. The fourth-order valence-corrected chi connectivity index (χ4v) is 2.59. The lowest BCUT2D eigenvalue weighted by atomic mass is 10.1. The van der Waals surface area contributed by atoms with Crippen LogP contribution >= 0.6 is 0 Å². The minimum Gasteiger partial charge on any atom is -0.326 e. The normalized spacial score (nSPS) is 15.6. The number of benzene rings is 1. The van der Waals surface area contributed by atoms with Crippen LogP contribution < -0.4 is 10.6 Å². The van der Waals surface area contributed by atoms with Gasteiger partial charge >= 0.3 is 6.18 Å². The number of amides is 2. The first kappa shape index (κ1) is 16.3. The molecule has 4 nitrogen and oxygen atoms in total. The van der Waals surface area contributed by atoms with Gasteiger partial charge in [0.1, 0.15) is 0 Å². The molecule has 1 aliphatic rings. The third-order valence-corrected chi connectivity index (χ3v) is 3.63. The quantitative estimate of drug-likeness (QED) is 0.891. The van der Waals surface area contributed by atoms with E-state index in [4.69, 9.17) is 0 Å². The van der Waals surface area contributed by atoms with E-state index in [1.54, 1.807) is 0 Å². The SMILES string of the molecule is CC(=O)Nc1ccc(NC(=O)C2CCCC2)c(C(F)(F)F)c1. The van der Waals surface area contributed by atoms with Gasteiger partial charge in [-0.3, -0.25) is 9.59 Å². The van der Waals surface area contributed by atoms with E-state index < -0.39 is 17.6 Å². The van der Waals surface area contributed by atoms with Crippen LogP contribution in [0.25, 0.3) is 0 Å². The van der Waals surface area contributed by atoms with E-state index in [9.17, 15) is 22.8 Å². The minimum atomic E-state index is -4.62. The average molecular weight is 314 g/mol. The fraction of sp³-hybridized carbons (Fsp3) is 0.467. The molecule has 2 amide bonds. The number of carbonyl (C=O) groups is 2. The summed E-state index contributed by atoms with van der Waals surface area (Å²) in [6.07, 6.45) is -1.36. The zero-order chi connectivity index (χ0) is 16.3. The zero-order valence-corrected chi connectivity index (χ0v) is 12.1. The summed E-state index contributed by atoms with van der Waals surface area (Å²) >= 11 is 0. The van der Waals surface area contributed by atoms with Gasteiger partial charge in [-0.1, -0.05) is 12.8 Å². The Kier molecular flexibility index (Phi) is 4.73. The summed E-state index contributed by atoms with van der Waals surface area (Å²) in [6.45, 7) is 1.21. The molecule has 120 valence electrons. The van der Waals surface area contributed by atoms with Gasteiger partial charge in [0, 0.05) is 18.5 Å². The summed E-state index contributed by atoms with van der Waals surface area (Å²) in [5.74, 6) is -1.07. The number of carbonyl (C=O) groups excluding carboxylic acids is 2. The first-order valence-corrected chi connectivity index (χ1v) is 7.07. The van der Waals surface area contributed by atoms with E-state index in [1.165, 1.54) is 19.1 Å². The van der Waals surface area contributed by atoms with Crippen molar-refractivity contribution >= 4 is 23.2 Å². The maximum absolute atomic E-state index is 13.1. The van der Waals surface area contributed by atoms with E-state index in [1.807, 2.05) is 0 Å². The summed E-state index contributed by atoms with van der Waals surface area (Å²) in [6, 6.07) is 3.33. The third-order valence-electron chi connectivity index (χ3n) is 3.63. The van der Waals surface area contributed by atoms with E-state index in [-0.39, 0.29) is 23.2 Å². The molecule has 0 radical (unpaired) electrons. The predicted molar refractivity (Wildman–Crippen MR) is 76.3 cm³/mol. The molecule has 1 aromatic carbocycles. The molecule has 1 saturated carbocycles. The molecule has 7 heteroatoms. The fourth-order valence-electron chi connectivity index (χ4n) is 2.59.